The minimum absolute atomic E-state index is 0.0587. The van der Waals surface area contributed by atoms with Gasteiger partial charge in [-0.25, -0.2) is 0 Å². The van der Waals surface area contributed by atoms with Crippen molar-refractivity contribution in [2.45, 2.75) is 50.9 Å². The molecule has 0 aliphatic carbocycles. The smallest absolute Gasteiger partial charge is 0.309 e. The Morgan fingerprint density at radius 2 is 2.20 bits per heavy atom. The van der Waals surface area contributed by atoms with E-state index in [4.69, 9.17) is 25.8 Å². The van der Waals surface area contributed by atoms with Gasteiger partial charge in [-0.15, -0.1) is 0 Å². The van der Waals surface area contributed by atoms with Gasteiger partial charge in [0.25, 0.3) is 0 Å². The van der Waals surface area contributed by atoms with E-state index in [1.807, 2.05) is 18.2 Å². The first-order chi connectivity index (χ1) is 12.2. The third-order valence-electron chi connectivity index (χ3n) is 4.79. The number of esters is 1. The number of nitrogens with zero attached hydrogens (tertiary/aromatic N) is 1. The van der Waals surface area contributed by atoms with Crippen LogP contribution >= 0.6 is 11.6 Å². The largest absolute Gasteiger partial charge is 0.469 e. The highest BCUT2D eigenvalue weighted by atomic mass is 35.5. The number of carbonyl (C=O) groups is 1. The number of methoxy groups -OCH3 is 1. The average molecular weight is 368 g/mol. The molecule has 5 nitrogen and oxygen atoms in total. The van der Waals surface area contributed by atoms with Crippen molar-refractivity contribution in [1.29, 1.82) is 0 Å². The number of benzene rings is 1. The minimum Gasteiger partial charge on any atom is -0.469 e. The number of hydrogen-bond donors (Lipinski definition) is 0. The number of ether oxygens (including phenoxy) is 3. The third kappa shape index (κ3) is 5.09. The zero-order valence-corrected chi connectivity index (χ0v) is 15.5. The van der Waals surface area contributed by atoms with Crippen molar-refractivity contribution in [3.05, 3.63) is 28.8 Å². The summed E-state index contributed by atoms with van der Waals surface area (Å²) >= 11 is 6.47. The van der Waals surface area contributed by atoms with E-state index in [1.165, 1.54) is 13.5 Å². The molecule has 0 N–H and O–H groups in total. The average Bonchev–Trinajstić information content (AvgIpc) is 2.63. The second kappa shape index (κ2) is 8.88. The van der Waals surface area contributed by atoms with E-state index in [0.29, 0.717) is 5.02 Å². The summed E-state index contributed by atoms with van der Waals surface area (Å²) < 4.78 is 16.6. The Kier molecular flexibility index (Phi) is 6.57. The topological polar surface area (TPSA) is 48.0 Å². The van der Waals surface area contributed by atoms with Gasteiger partial charge in [-0.3, -0.25) is 4.79 Å². The summed E-state index contributed by atoms with van der Waals surface area (Å²) in [6, 6.07) is 5.77. The number of halogens is 1. The Balaban J connectivity index is 1.61. The van der Waals surface area contributed by atoms with Crippen LogP contribution in [0.4, 0.5) is 5.69 Å². The summed E-state index contributed by atoms with van der Waals surface area (Å²) in [5, 5.41) is 0.663. The zero-order valence-electron chi connectivity index (χ0n) is 14.7. The normalized spacial score (nSPS) is 24.2. The van der Waals surface area contributed by atoms with Gasteiger partial charge in [0.1, 0.15) is 0 Å². The zero-order chi connectivity index (χ0) is 17.6. The number of piperidine rings is 1. The predicted molar refractivity (Wildman–Crippen MR) is 97.1 cm³/mol. The van der Waals surface area contributed by atoms with Crippen LogP contribution in [0.3, 0.4) is 0 Å². The minimum atomic E-state index is -0.261. The van der Waals surface area contributed by atoms with Crippen LogP contribution in [0.5, 0.6) is 0 Å². The van der Waals surface area contributed by atoms with Crippen molar-refractivity contribution in [3.63, 3.8) is 0 Å². The van der Waals surface area contributed by atoms with E-state index in [0.717, 1.165) is 56.6 Å². The van der Waals surface area contributed by atoms with E-state index in [-0.39, 0.29) is 24.8 Å². The molecule has 0 spiro atoms. The molecule has 2 aliphatic heterocycles. The SMILES string of the molecule is COC(=O)Cc1ccc(N2CCCC(OC3CCCCO3)C2)c(Cl)c1. The summed E-state index contributed by atoms with van der Waals surface area (Å²) in [6.45, 7) is 2.58. The lowest BCUT2D eigenvalue weighted by Crippen LogP contribution is -2.42. The van der Waals surface area contributed by atoms with Crippen LogP contribution in [-0.4, -0.2) is 45.2 Å². The molecule has 1 aromatic carbocycles. The van der Waals surface area contributed by atoms with Crippen molar-refractivity contribution < 1.29 is 19.0 Å². The first kappa shape index (κ1) is 18.5. The van der Waals surface area contributed by atoms with Crippen LogP contribution in [0.2, 0.25) is 5.02 Å². The van der Waals surface area contributed by atoms with Gasteiger partial charge in [0, 0.05) is 19.7 Å². The third-order valence-corrected chi connectivity index (χ3v) is 5.09. The van der Waals surface area contributed by atoms with Crippen LogP contribution in [0.15, 0.2) is 18.2 Å². The van der Waals surface area contributed by atoms with Crippen molar-refractivity contribution in [3.8, 4) is 0 Å². The monoisotopic (exact) mass is 367 g/mol. The lowest BCUT2D eigenvalue weighted by Gasteiger charge is -2.37. The Labute approximate surface area is 154 Å². The molecule has 138 valence electrons. The molecule has 2 saturated heterocycles. The van der Waals surface area contributed by atoms with Crippen LogP contribution in [0, 0.1) is 0 Å². The molecule has 6 heteroatoms. The molecular weight excluding hydrogens is 342 g/mol. The number of rotatable bonds is 5. The quantitative estimate of drug-likeness (QED) is 0.744. The maximum atomic E-state index is 11.4. The number of anilines is 1. The van der Waals surface area contributed by atoms with Gasteiger partial charge in [-0.2, -0.15) is 0 Å². The van der Waals surface area contributed by atoms with Gasteiger partial charge in [0.05, 0.1) is 30.3 Å². The highest BCUT2D eigenvalue weighted by Crippen LogP contribution is 2.31. The van der Waals surface area contributed by atoms with E-state index < -0.39 is 0 Å². The molecule has 0 bridgehead atoms. The van der Waals surface area contributed by atoms with Gasteiger partial charge >= 0.3 is 5.97 Å². The molecule has 0 saturated carbocycles. The van der Waals surface area contributed by atoms with E-state index in [1.54, 1.807) is 0 Å². The number of carbonyl (C=O) groups excluding carboxylic acids is 1. The molecule has 0 amide bonds. The van der Waals surface area contributed by atoms with Crippen molar-refractivity contribution in [2.24, 2.45) is 0 Å². The van der Waals surface area contributed by atoms with Gasteiger partial charge in [0.15, 0.2) is 6.29 Å². The summed E-state index contributed by atoms with van der Waals surface area (Å²) in [4.78, 5) is 13.7. The van der Waals surface area contributed by atoms with Gasteiger partial charge in [-0.1, -0.05) is 17.7 Å². The molecule has 1 aromatic rings. The lowest BCUT2D eigenvalue weighted by molar-refractivity contribution is -0.188. The Morgan fingerprint density at radius 1 is 1.32 bits per heavy atom. The maximum Gasteiger partial charge on any atom is 0.309 e. The number of hydrogen-bond acceptors (Lipinski definition) is 5. The summed E-state index contributed by atoms with van der Waals surface area (Å²) in [6.07, 6.45) is 5.75. The lowest BCUT2D eigenvalue weighted by atomic mass is 10.1. The highest BCUT2D eigenvalue weighted by molar-refractivity contribution is 6.33. The molecule has 2 heterocycles. The Bertz CT molecular complexity index is 589. The van der Waals surface area contributed by atoms with Crippen molar-refractivity contribution in [2.75, 3.05) is 31.7 Å². The van der Waals surface area contributed by atoms with Crippen LogP contribution in [0.25, 0.3) is 0 Å². The molecule has 25 heavy (non-hydrogen) atoms. The van der Waals surface area contributed by atoms with E-state index >= 15 is 0 Å². The van der Waals surface area contributed by atoms with Crippen molar-refractivity contribution in [1.82, 2.24) is 0 Å². The molecule has 2 aliphatic rings. The first-order valence-electron chi connectivity index (χ1n) is 9.03. The first-order valence-corrected chi connectivity index (χ1v) is 9.41. The van der Waals surface area contributed by atoms with Crippen LogP contribution in [-0.2, 0) is 25.4 Å². The van der Waals surface area contributed by atoms with Crippen LogP contribution < -0.4 is 4.90 Å². The predicted octanol–water partition coefficient (Wildman–Crippen LogP) is 3.57. The molecule has 2 fully saturated rings. The fraction of sp³-hybridized carbons (Fsp3) is 0.632. The Morgan fingerprint density at radius 3 is 2.92 bits per heavy atom. The standard InChI is InChI=1S/C19H26ClNO4/c1-23-18(22)12-14-7-8-17(16(20)11-14)21-9-4-5-15(13-21)25-19-6-2-3-10-24-19/h7-8,11,15,19H,2-6,9-10,12-13H2,1H3. The van der Waals surface area contributed by atoms with Gasteiger partial charge in [0.2, 0.25) is 0 Å². The van der Waals surface area contributed by atoms with E-state index in [2.05, 4.69) is 4.90 Å². The fourth-order valence-corrected chi connectivity index (χ4v) is 3.78. The summed E-state index contributed by atoms with van der Waals surface area (Å²) in [7, 11) is 1.39. The summed E-state index contributed by atoms with van der Waals surface area (Å²) in [5.41, 5.74) is 1.86. The molecule has 0 aromatic heterocycles. The van der Waals surface area contributed by atoms with Gasteiger partial charge < -0.3 is 19.1 Å². The second-order valence-corrected chi connectivity index (χ2v) is 7.09. The Hall–Kier alpha value is -1.30. The highest BCUT2D eigenvalue weighted by Gasteiger charge is 2.26. The second-order valence-electron chi connectivity index (χ2n) is 6.68. The molecule has 2 atom stereocenters. The van der Waals surface area contributed by atoms with E-state index in [9.17, 15) is 4.79 Å². The summed E-state index contributed by atoms with van der Waals surface area (Å²) in [5.74, 6) is -0.261. The molecule has 2 unspecified atom stereocenters. The van der Waals surface area contributed by atoms with Crippen LogP contribution in [0.1, 0.15) is 37.7 Å². The fourth-order valence-electron chi connectivity index (χ4n) is 3.46. The molecular formula is C19H26ClNO4. The molecule has 0 radical (unpaired) electrons. The van der Waals surface area contributed by atoms with Gasteiger partial charge in [-0.05, 0) is 49.8 Å². The molecule has 3 rings (SSSR count). The maximum absolute atomic E-state index is 11.4. The van der Waals surface area contributed by atoms with Crippen molar-refractivity contribution >= 4 is 23.3 Å².